The summed E-state index contributed by atoms with van der Waals surface area (Å²) in [5, 5.41) is 5.98. The van der Waals surface area contributed by atoms with E-state index in [9.17, 15) is 13.2 Å². The molecule has 25 heavy (non-hydrogen) atoms. The molecule has 0 aliphatic carbocycles. The zero-order chi connectivity index (χ0) is 17.7. The van der Waals surface area contributed by atoms with Crippen molar-refractivity contribution in [3.63, 3.8) is 0 Å². The summed E-state index contributed by atoms with van der Waals surface area (Å²) in [6.45, 7) is 1.79. The SMILES string of the molecule is CC1(NC(=O)Cc2coc3ccc4ccccc4c23)CCS(=O)(=O)C1. The van der Waals surface area contributed by atoms with Gasteiger partial charge in [-0.2, -0.15) is 0 Å². The molecule has 1 atom stereocenters. The molecule has 1 aliphatic heterocycles. The number of benzene rings is 2. The Hall–Kier alpha value is -2.34. The van der Waals surface area contributed by atoms with Crippen LogP contribution >= 0.6 is 0 Å². The average Bonchev–Trinajstić information content (AvgIpc) is 3.07. The van der Waals surface area contributed by atoms with E-state index >= 15 is 0 Å². The maximum atomic E-state index is 12.5. The number of carbonyl (C=O) groups excluding carboxylic acids is 1. The Labute approximate surface area is 145 Å². The molecular formula is C19H19NO4S. The van der Waals surface area contributed by atoms with E-state index in [1.54, 1.807) is 13.2 Å². The van der Waals surface area contributed by atoms with Gasteiger partial charge in [0.05, 0.1) is 29.7 Å². The smallest absolute Gasteiger partial charge is 0.225 e. The molecule has 2 aromatic carbocycles. The van der Waals surface area contributed by atoms with Gasteiger partial charge in [-0.05, 0) is 30.2 Å². The first-order valence-corrected chi connectivity index (χ1v) is 10.1. The standard InChI is InChI=1S/C19H19NO4S/c1-19(8-9-25(22,23)12-19)20-17(21)10-14-11-24-16-7-6-13-4-2-3-5-15(13)18(14)16/h2-7,11H,8-10,12H2,1H3,(H,20,21). The number of fused-ring (bicyclic) bond motifs is 3. The predicted molar refractivity (Wildman–Crippen MR) is 97.2 cm³/mol. The molecule has 6 heteroatoms. The van der Waals surface area contributed by atoms with Crippen LogP contribution < -0.4 is 5.32 Å². The second-order valence-corrected chi connectivity index (χ2v) is 9.23. The maximum Gasteiger partial charge on any atom is 0.225 e. The van der Waals surface area contributed by atoms with Crippen molar-refractivity contribution in [3.05, 3.63) is 48.2 Å². The van der Waals surface area contributed by atoms with E-state index in [0.717, 1.165) is 27.3 Å². The summed E-state index contributed by atoms with van der Waals surface area (Å²) in [6.07, 6.45) is 2.23. The van der Waals surface area contributed by atoms with Crippen LogP contribution in [0.5, 0.6) is 0 Å². The number of hydrogen-bond donors (Lipinski definition) is 1. The summed E-state index contributed by atoms with van der Waals surface area (Å²) in [6, 6.07) is 11.9. The monoisotopic (exact) mass is 357 g/mol. The van der Waals surface area contributed by atoms with E-state index in [2.05, 4.69) is 5.32 Å². The predicted octanol–water partition coefficient (Wildman–Crippen LogP) is 2.82. The fourth-order valence-electron chi connectivity index (χ4n) is 3.67. The fraction of sp³-hybridized carbons (Fsp3) is 0.316. The van der Waals surface area contributed by atoms with Gasteiger partial charge >= 0.3 is 0 Å². The molecular weight excluding hydrogens is 338 g/mol. The lowest BCUT2D eigenvalue weighted by Gasteiger charge is -2.23. The lowest BCUT2D eigenvalue weighted by Crippen LogP contribution is -2.47. The molecule has 1 saturated heterocycles. The zero-order valence-electron chi connectivity index (χ0n) is 13.9. The first-order valence-electron chi connectivity index (χ1n) is 8.25. The van der Waals surface area contributed by atoms with Gasteiger partial charge in [0.2, 0.25) is 5.91 Å². The van der Waals surface area contributed by atoms with Crippen molar-refractivity contribution in [2.45, 2.75) is 25.3 Å². The lowest BCUT2D eigenvalue weighted by atomic mass is 10.00. The van der Waals surface area contributed by atoms with Crippen molar-refractivity contribution < 1.29 is 17.6 Å². The number of hydrogen-bond acceptors (Lipinski definition) is 4. The second-order valence-electron chi connectivity index (χ2n) is 7.05. The third-order valence-electron chi connectivity index (χ3n) is 4.84. The molecule has 0 saturated carbocycles. The molecule has 0 radical (unpaired) electrons. The normalized spacial score (nSPS) is 22.4. The summed E-state index contributed by atoms with van der Waals surface area (Å²) in [5.41, 5.74) is 0.877. The number of sulfone groups is 1. The minimum atomic E-state index is -3.06. The minimum absolute atomic E-state index is 0.000799. The van der Waals surface area contributed by atoms with Crippen LogP contribution in [0, 0.1) is 0 Å². The Balaban J connectivity index is 1.63. The van der Waals surface area contributed by atoms with Gasteiger partial charge in [-0.25, -0.2) is 8.42 Å². The first kappa shape index (κ1) is 16.1. The molecule has 1 aromatic heterocycles. The number of furan rings is 1. The third-order valence-corrected chi connectivity index (χ3v) is 6.74. The van der Waals surface area contributed by atoms with Gasteiger partial charge in [0.25, 0.3) is 0 Å². The minimum Gasteiger partial charge on any atom is -0.464 e. The Kier molecular flexibility index (Phi) is 3.61. The highest BCUT2D eigenvalue weighted by Gasteiger charge is 2.39. The Morgan fingerprint density at radius 2 is 2.04 bits per heavy atom. The van der Waals surface area contributed by atoms with Gasteiger partial charge in [-0.15, -0.1) is 0 Å². The van der Waals surface area contributed by atoms with Crippen LogP contribution in [0.3, 0.4) is 0 Å². The first-order chi connectivity index (χ1) is 11.9. The van der Waals surface area contributed by atoms with E-state index in [0.29, 0.717) is 6.42 Å². The molecule has 1 unspecified atom stereocenters. The second kappa shape index (κ2) is 5.59. The zero-order valence-corrected chi connectivity index (χ0v) is 14.7. The Morgan fingerprint density at radius 3 is 2.80 bits per heavy atom. The van der Waals surface area contributed by atoms with E-state index in [-0.39, 0.29) is 23.8 Å². The molecule has 130 valence electrons. The fourth-order valence-corrected chi connectivity index (χ4v) is 5.76. The molecule has 5 nitrogen and oxygen atoms in total. The summed E-state index contributed by atoms with van der Waals surface area (Å²) < 4.78 is 29.0. The van der Waals surface area contributed by atoms with Gasteiger partial charge in [0.1, 0.15) is 5.58 Å². The van der Waals surface area contributed by atoms with Gasteiger partial charge < -0.3 is 9.73 Å². The van der Waals surface area contributed by atoms with Gasteiger partial charge in [-0.3, -0.25) is 4.79 Å². The van der Waals surface area contributed by atoms with E-state index < -0.39 is 15.4 Å². The van der Waals surface area contributed by atoms with Crippen LogP contribution in [-0.2, 0) is 21.1 Å². The third kappa shape index (κ3) is 3.02. The van der Waals surface area contributed by atoms with Crippen molar-refractivity contribution in [2.75, 3.05) is 11.5 Å². The van der Waals surface area contributed by atoms with Crippen molar-refractivity contribution in [1.82, 2.24) is 5.32 Å². The quantitative estimate of drug-likeness (QED) is 0.782. The van der Waals surface area contributed by atoms with Crippen LogP contribution in [0.1, 0.15) is 18.9 Å². The number of carbonyl (C=O) groups is 1. The highest BCUT2D eigenvalue weighted by Crippen LogP contribution is 2.30. The average molecular weight is 357 g/mol. The topological polar surface area (TPSA) is 76.4 Å². The molecule has 0 bridgehead atoms. The maximum absolute atomic E-state index is 12.5. The molecule has 3 aromatic rings. The van der Waals surface area contributed by atoms with Gasteiger partial charge in [0.15, 0.2) is 9.84 Å². The summed E-state index contributed by atoms with van der Waals surface area (Å²) in [5.74, 6) is -0.0561. The highest BCUT2D eigenvalue weighted by atomic mass is 32.2. The van der Waals surface area contributed by atoms with E-state index in [4.69, 9.17) is 4.42 Å². The van der Waals surface area contributed by atoms with Gasteiger partial charge in [-0.1, -0.05) is 30.3 Å². The molecule has 4 rings (SSSR count). The molecule has 0 spiro atoms. The summed E-state index contributed by atoms with van der Waals surface area (Å²) in [4.78, 5) is 12.5. The van der Waals surface area contributed by atoms with Crippen molar-refractivity contribution in [3.8, 4) is 0 Å². The lowest BCUT2D eigenvalue weighted by molar-refractivity contribution is -0.121. The number of rotatable bonds is 3. The molecule has 1 amide bonds. The number of amides is 1. The number of nitrogens with one attached hydrogen (secondary N) is 1. The van der Waals surface area contributed by atoms with Gasteiger partial charge in [0, 0.05) is 10.9 Å². The van der Waals surface area contributed by atoms with Crippen molar-refractivity contribution >= 4 is 37.5 Å². The van der Waals surface area contributed by atoms with Crippen LogP contribution in [0.2, 0.25) is 0 Å². The molecule has 1 aliphatic rings. The summed E-state index contributed by atoms with van der Waals surface area (Å²) in [7, 11) is -3.06. The Morgan fingerprint density at radius 1 is 1.24 bits per heavy atom. The largest absolute Gasteiger partial charge is 0.464 e. The molecule has 1 fully saturated rings. The van der Waals surface area contributed by atoms with Crippen molar-refractivity contribution in [1.29, 1.82) is 0 Å². The highest BCUT2D eigenvalue weighted by molar-refractivity contribution is 7.91. The van der Waals surface area contributed by atoms with Crippen LogP contribution in [0.4, 0.5) is 0 Å². The molecule has 1 N–H and O–H groups in total. The van der Waals surface area contributed by atoms with E-state index in [1.807, 2.05) is 36.4 Å². The van der Waals surface area contributed by atoms with E-state index in [1.165, 1.54) is 0 Å². The van der Waals surface area contributed by atoms with Crippen LogP contribution in [0.25, 0.3) is 21.7 Å². The van der Waals surface area contributed by atoms with Crippen molar-refractivity contribution in [2.24, 2.45) is 0 Å². The van der Waals surface area contributed by atoms with Crippen LogP contribution in [0.15, 0.2) is 47.1 Å². The Bertz CT molecular complexity index is 1080. The molecule has 2 heterocycles. The summed E-state index contributed by atoms with van der Waals surface area (Å²) >= 11 is 0. The van der Waals surface area contributed by atoms with Crippen LogP contribution in [-0.4, -0.2) is 31.4 Å².